The van der Waals surface area contributed by atoms with E-state index in [1.807, 2.05) is 61.5 Å². The van der Waals surface area contributed by atoms with Gasteiger partial charge in [0.25, 0.3) is 0 Å². The van der Waals surface area contributed by atoms with Crippen LogP contribution in [0.5, 0.6) is 0 Å². The fraction of sp³-hybridized carbons (Fsp3) is 0.320. The van der Waals surface area contributed by atoms with Gasteiger partial charge in [-0.1, -0.05) is 60.2 Å². The van der Waals surface area contributed by atoms with E-state index in [9.17, 15) is 14.4 Å². The maximum absolute atomic E-state index is 12.8. The molecule has 0 fully saturated rings. The van der Waals surface area contributed by atoms with Crippen LogP contribution >= 0.6 is 0 Å². The molecule has 1 N–H and O–H groups in total. The number of aryl methyl sites for hydroxylation is 1. The predicted octanol–water partition coefficient (Wildman–Crippen LogP) is 3.81. The number of carbonyl (C=O) groups excluding carboxylic acids is 3. The Balaban J connectivity index is 1.90. The lowest BCUT2D eigenvalue weighted by Crippen LogP contribution is -2.53. The number of methoxy groups -OCH3 is 1. The van der Waals surface area contributed by atoms with Crippen molar-refractivity contribution in [1.29, 1.82) is 0 Å². The Morgan fingerprint density at radius 3 is 2.47 bits per heavy atom. The molecule has 0 saturated carbocycles. The zero-order chi connectivity index (χ0) is 23.1. The third-order valence-corrected chi connectivity index (χ3v) is 5.35. The highest BCUT2D eigenvalue weighted by atomic mass is 16.6. The van der Waals surface area contributed by atoms with Gasteiger partial charge in [0.1, 0.15) is 6.61 Å². The lowest BCUT2D eigenvalue weighted by molar-refractivity contribution is -0.146. The average Bonchev–Trinajstić information content (AvgIpc) is 3.19. The summed E-state index contributed by atoms with van der Waals surface area (Å²) in [6.45, 7) is 3.88. The first kappa shape index (κ1) is 23.1. The summed E-state index contributed by atoms with van der Waals surface area (Å²) in [6.07, 6.45) is 0.759. The van der Waals surface area contributed by atoms with Crippen LogP contribution in [-0.4, -0.2) is 37.3 Å². The number of carbonyl (C=O) groups is 3. The molecule has 2 aromatic carbocycles. The number of nitrogens with one attached hydrogen (secondary N) is 1. The number of rotatable bonds is 7. The van der Waals surface area contributed by atoms with E-state index in [1.54, 1.807) is 6.92 Å². The van der Waals surface area contributed by atoms with E-state index in [2.05, 4.69) is 5.32 Å². The predicted molar refractivity (Wildman–Crippen MR) is 118 cm³/mol. The summed E-state index contributed by atoms with van der Waals surface area (Å²) < 4.78 is 15.5. The highest BCUT2D eigenvalue weighted by molar-refractivity contribution is 5.97. The van der Waals surface area contributed by atoms with Gasteiger partial charge >= 0.3 is 18.0 Å². The van der Waals surface area contributed by atoms with Crippen molar-refractivity contribution in [3.05, 3.63) is 82.9 Å². The molecule has 2 aromatic rings. The van der Waals surface area contributed by atoms with Crippen LogP contribution in [0.2, 0.25) is 0 Å². The van der Waals surface area contributed by atoms with Crippen LogP contribution in [0.15, 0.2) is 66.2 Å². The first-order chi connectivity index (χ1) is 15.4. The summed E-state index contributed by atoms with van der Waals surface area (Å²) in [5, 5.41) is 2.63. The number of benzene rings is 2. The van der Waals surface area contributed by atoms with Crippen molar-refractivity contribution >= 4 is 18.0 Å². The van der Waals surface area contributed by atoms with Crippen molar-refractivity contribution in [2.75, 3.05) is 13.7 Å². The van der Waals surface area contributed by atoms with Crippen LogP contribution < -0.4 is 5.32 Å². The van der Waals surface area contributed by atoms with Crippen molar-refractivity contribution in [2.45, 2.75) is 38.3 Å². The normalized spacial score (nSPS) is 19.6. The molecule has 1 aliphatic rings. The Kier molecular flexibility index (Phi) is 7.30. The molecule has 0 heterocycles. The number of alkyl carbamates (subject to hydrolysis) is 1. The van der Waals surface area contributed by atoms with Gasteiger partial charge < -0.3 is 19.5 Å². The summed E-state index contributed by atoms with van der Waals surface area (Å²) in [5.41, 5.74) is 1.40. The number of amides is 1. The third-order valence-electron chi connectivity index (χ3n) is 5.35. The molecule has 7 nitrogen and oxygen atoms in total. The zero-order valence-corrected chi connectivity index (χ0v) is 18.4. The summed E-state index contributed by atoms with van der Waals surface area (Å²) in [6, 6.07) is 16.8. The molecule has 0 radical (unpaired) electrons. The van der Waals surface area contributed by atoms with Gasteiger partial charge in [-0.05, 0) is 37.5 Å². The molecule has 1 aliphatic carbocycles. The Morgan fingerprint density at radius 2 is 1.81 bits per heavy atom. The molecular formula is C25H27NO6. The van der Waals surface area contributed by atoms with Gasteiger partial charge in [-0.2, -0.15) is 0 Å². The minimum atomic E-state index is -1.56. The van der Waals surface area contributed by atoms with Crippen molar-refractivity contribution in [1.82, 2.24) is 5.32 Å². The second kappa shape index (κ2) is 10.1. The molecular weight excluding hydrogens is 410 g/mol. The molecule has 7 heteroatoms. The van der Waals surface area contributed by atoms with Crippen molar-refractivity contribution < 1.29 is 28.6 Å². The maximum Gasteiger partial charge on any atom is 0.408 e. The largest absolute Gasteiger partial charge is 0.467 e. The third kappa shape index (κ3) is 5.17. The molecule has 0 bridgehead atoms. The van der Waals surface area contributed by atoms with Crippen LogP contribution in [0.25, 0.3) is 0 Å². The van der Waals surface area contributed by atoms with Crippen molar-refractivity contribution in [3.8, 4) is 0 Å². The standard InChI is InChI=1S/C25H27NO6/c1-4-31-22(27)21-15-25(23(28)30-3,14-20(21)19-12-8-9-17(2)13-19)26-24(29)32-16-18-10-6-5-7-11-18/h5-13,15,20H,4,14,16H2,1-3H3,(H,26,29)/t20-,25-/m0/s1. The summed E-state index contributed by atoms with van der Waals surface area (Å²) >= 11 is 0. The van der Waals surface area contributed by atoms with Gasteiger partial charge in [0, 0.05) is 11.5 Å². The van der Waals surface area contributed by atoms with Crippen molar-refractivity contribution in [2.24, 2.45) is 0 Å². The molecule has 0 aliphatic heterocycles. The first-order valence-electron chi connectivity index (χ1n) is 10.4. The van der Waals surface area contributed by atoms with Crippen LogP contribution in [0.3, 0.4) is 0 Å². The zero-order valence-electron chi connectivity index (χ0n) is 18.4. The van der Waals surface area contributed by atoms with Gasteiger partial charge in [-0.25, -0.2) is 14.4 Å². The second-order valence-corrected chi connectivity index (χ2v) is 7.64. The Morgan fingerprint density at radius 1 is 1.06 bits per heavy atom. The van der Waals surface area contributed by atoms with E-state index >= 15 is 0 Å². The molecule has 3 rings (SSSR count). The Hall–Kier alpha value is -3.61. The lowest BCUT2D eigenvalue weighted by atomic mass is 9.88. The maximum atomic E-state index is 12.8. The molecule has 32 heavy (non-hydrogen) atoms. The van der Waals surface area contributed by atoms with E-state index in [0.717, 1.165) is 16.7 Å². The van der Waals surface area contributed by atoms with Crippen LogP contribution in [0, 0.1) is 6.92 Å². The van der Waals surface area contributed by atoms with E-state index < -0.39 is 29.5 Å². The van der Waals surface area contributed by atoms with Crippen LogP contribution in [0.1, 0.15) is 36.0 Å². The van der Waals surface area contributed by atoms with E-state index in [0.29, 0.717) is 5.57 Å². The molecule has 2 atom stereocenters. The monoisotopic (exact) mass is 437 g/mol. The molecule has 1 amide bonds. The van der Waals surface area contributed by atoms with Gasteiger partial charge in [-0.3, -0.25) is 0 Å². The highest BCUT2D eigenvalue weighted by Crippen LogP contribution is 2.42. The number of hydrogen-bond donors (Lipinski definition) is 1. The van der Waals surface area contributed by atoms with E-state index in [4.69, 9.17) is 14.2 Å². The Labute approximate surface area is 187 Å². The van der Waals surface area contributed by atoms with E-state index in [-0.39, 0.29) is 19.6 Å². The SMILES string of the molecule is CCOC(=O)C1=C[C@](NC(=O)OCc2ccccc2)(C(=O)OC)C[C@H]1c1cccc(C)c1. The first-order valence-corrected chi connectivity index (χ1v) is 10.4. The van der Waals surface area contributed by atoms with Gasteiger partial charge in [0.2, 0.25) is 0 Å². The van der Waals surface area contributed by atoms with E-state index in [1.165, 1.54) is 13.2 Å². The van der Waals surface area contributed by atoms with Crippen LogP contribution in [-0.2, 0) is 30.4 Å². The number of ether oxygens (including phenoxy) is 3. The summed E-state index contributed by atoms with van der Waals surface area (Å²) in [5.74, 6) is -1.68. The molecule has 0 saturated heterocycles. The minimum Gasteiger partial charge on any atom is -0.467 e. The Bertz CT molecular complexity index is 1020. The topological polar surface area (TPSA) is 90.9 Å². The molecule has 168 valence electrons. The fourth-order valence-electron chi connectivity index (χ4n) is 3.86. The van der Waals surface area contributed by atoms with Crippen LogP contribution in [0.4, 0.5) is 4.79 Å². The quantitative estimate of drug-likeness (QED) is 0.523. The second-order valence-electron chi connectivity index (χ2n) is 7.64. The minimum absolute atomic E-state index is 0.0414. The fourth-order valence-corrected chi connectivity index (χ4v) is 3.86. The summed E-state index contributed by atoms with van der Waals surface area (Å²) in [7, 11) is 1.24. The molecule has 0 spiro atoms. The molecule has 0 unspecified atom stereocenters. The highest BCUT2D eigenvalue weighted by Gasteiger charge is 2.50. The van der Waals surface area contributed by atoms with Gasteiger partial charge in [-0.15, -0.1) is 0 Å². The lowest BCUT2D eigenvalue weighted by Gasteiger charge is -2.26. The van der Waals surface area contributed by atoms with Gasteiger partial charge in [0.15, 0.2) is 5.54 Å². The van der Waals surface area contributed by atoms with Gasteiger partial charge in [0.05, 0.1) is 13.7 Å². The van der Waals surface area contributed by atoms with Crippen molar-refractivity contribution in [3.63, 3.8) is 0 Å². The summed E-state index contributed by atoms with van der Waals surface area (Å²) in [4.78, 5) is 38.2. The molecule has 0 aromatic heterocycles. The average molecular weight is 437 g/mol. The smallest absolute Gasteiger partial charge is 0.408 e. The number of esters is 2. The number of hydrogen-bond acceptors (Lipinski definition) is 6.